The summed E-state index contributed by atoms with van der Waals surface area (Å²) >= 11 is 0. The first-order valence-corrected chi connectivity index (χ1v) is 7.34. The summed E-state index contributed by atoms with van der Waals surface area (Å²) < 4.78 is 17.5. The van der Waals surface area contributed by atoms with Gasteiger partial charge in [0.15, 0.2) is 0 Å². The predicted molar refractivity (Wildman–Crippen MR) is 77.5 cm³/mol. The molecule has 0 radical (unpaired) electrons. The maximum atomic E-state index is 6.12. The van der Waals surface area contributed by atoms with E-state index in [0.29, 0.717) is 6.04 Å². The molecule has 20 heavy (non-hydrogen) atoms. The zero-order chi connectivity index (χ0) is 14.3. The van der Waals surface area contributed by atoms with Crippen LogP contribution in [0.3, 0.4) is 0 Å². The van der Waals surface area contributed by atoms with Crippen LogP contribution in [0.4, 0.5) is 0 Å². The van der Waals surface area contributed by atoms with E-state index in [1.807, 2.05) is 0 Å². The van der Waals surface area contributed by atoms with Crippen LogP contribution < -0.4 is 14.8 Å². The molecular formula is C16H23NO3. The second-order valence-corrected chi connectivity index (χ2v) is 5.86. The average Bonchev–Trinajstić information content (AvgIpc) is 2.79. The Balaban J connectivity index is 1.91. The molecule has 4 nitrogen and oxygen atoms in total. The van der Waals surface area contributed by atoms with Crippen molar-refractivity contribution in [3.05, 3.63) is 23.3 Å². The third-order valence-electron chi connectivity index (χ3n) is 4.30. The molecule has 0 aliphatic carbocycles. The highest BCUT2D eigenvalue weighted by molar-refractivity contribution is 5.49. The summed E-state index contributed by atoms with van der Waals surface area (Å²) in [6.07, 6.45) is 1.39. The summed E-state index contributed by atoms with van der Waals surface area (Å²) in [5.74, 6) is 1.87. The molecule has 2 aliphatic rings. The zero-order valence-corrected chi connectivity index (χ0v) is 12.6. The van der Waals surface area contributed by atoms with Crippen LogP contribution in [-0.4, -0.2) is 31.9 Å². The first-order valence-electron chi connectivity index (χ1n) is 7.34. The van der Waals surface area contributed by atoms with E-state index in [1.165, 1.54) is 5.56 Å². The van der Waals surface area contributed by atoms with Crippen LogP contribution in [0, 0.1) is 0 Å². The maximum absolute atomic E-state index is 6.12. The zero-order valence-electron chi connectivity index (χ0n) is 12.6. The Morgan fingerprint density at radius 2 is 2.05 bits per heavy atom. The molecule has 3 rings (SSSR count). The van der Waals surface area contributed by atoms with Crippen molar-refractivity contribution in [2.45, 2.75) is 51.5 Å². The number of fused-ring (bicyclic) bond motifs is 1. The van der Waals surface area contributed by atoms with Gasteiger partial charge in [-0.3, -0.25) is 0 Å². The summed E-state index contributed by atoms with van der Waals surface area (Å²) in [7, 11) is 1.72. The number of nitrogens with one attached hydrogen (secondary N) is 1. The molecule has 2 aliphatic heterocycles. The molecular weight excluding hydrogens is 254 g/mol. The van der Waals surface area contributed by atoms with E-state index in [9.17, 15) is 0 Å². The molecule has 110 valence electrons. The fourth-order valence-electron chi connectivity index (χ4n) is 2.95. The topological polar surface area (TPSA) is 39.7 Å². The monoisotopic (exact) mass is 277 g/mol. The summed E-state index contributed by atoms with van der Waals surface area (Å²) in [5.41, 5.74) is 2.30. The summed E-state index contributed by atoms with van der Waals surface area (Å²) in [6, 6.07) is 4.57. The van der Waals surface area contributed by atoms with Gasteiger partial charge in [-0.25, -0.2) is 0 Å². The van der Waals surface area contributed by atoms with Gasteiger partial charge in [-0.2, -0.15) is 0 Å². The van der Waals surface area contributed by atoms with Crippen molar-refractivity contribution in [1.82, 2.24) is 5.32 Å². The Kier molecular flexibility index (Phi) is 3.61. The minimum Gasteiger partial charge on any atom is -0.496 e. The Morgan fingerprint density at radius 1 is 1.25 bits per heavy atom. The van der Waals surface area contributed by atoms with Crippen molar-refractivity contribution in [2.75, 3.05) is 13.7 Å². The normalized spacial score (nSPS) is 32.6. The molecule has 0 spiro atoms. The van der Waals surface area contributed by atoms with E-state index in [2.05, 4.69) is 38.2 Å². The van der Waals surface area contributed by atoms with Crippen LogP contribution in [-0.2, 0) is 11.2 Å². The van der Waals surface area contributed by atoms with Crippen molar-refractivity contribution < 1.29 is 14.2 Å². The van der Waals surface area contributed by atoms with Crippen LogP contribution in [0.25, 0.3) is 0 Å². The molecule has 4 atom stereocenters. The first-order chi connectivity index (χ1) is 9.58. The van der Waals surface area contributed by atoms with E-state index in [-0.39, 0.29) is 18.3 Å². The van der Waals surface area contributed by atoms with Crippen molar-refractivity contribution >= 4 is 0 Å². The molecule has 1 aromatic rings. The van der Waals surface area contributed by atoms with Gasteiger partial charge < -0.3 is 19.5 Å². The second kappa shape index (κ2) is 5.26. The molecule has 0 amide bonds. The van der Waals surface area contributed by atoms with Gasteiger partial charge in [0.2, 0.25) is 0 Å². The minimum atomic E-state index is 0.0148. The van der Waals surface area contributed by atoms with Crippen LogP contribution in [0.2, 0.25) is 0 Å². The third kappa shape index (κ3) is 2.38. The lowest BCUT2D eigenvalue weighted by Gasteiger charge is -2.34. The fourth-order valence-corrected chi connectivity index (χ4v) is 2.95. The lowest BCUT2D eigenvalue weighted by atomic mass is 10.0. The molecule has 4 unspecified atom stereocenters. The van der Waals surface area contributed by atoms with E-state index >= 15 is 0 Å². The van der Waals surface area contributed by atoms with Crippen LogP contribution in [0.15, 0.2) is 12.1 Å². The van der Waals surface area contributed by atoms with E-state index in [1.54, 1.807) is 7.11 Å². The molecule has 4 heteroatoms. The van der Waals surface area contributed by atoms with Crippen LogP contribution >= 0.6 is 0 Å². The Bertz CT molecular complexity index is 503. The quantitative estimate of drug-likeness (QED) is 0.901. The molecule has 2 heterocycles. The highest BCUT2D eigenvalue weighted by Gasteiger charge is 2.30. The van der Waals surface area contributed by atoms with Gasteiger partial charge in [-0.1, -0.05) is 0 Å². The van der Waals surface area contributed by atoms with E-state index < -0.39 is 0 Å². The van der Waals surface area contributed by atoms with Gasteiger partial charge in [0.25, 0.3) is 0 Å². The highest BCUT2D eigenvalue weighted by Crippen LogP contribution is 2.39. The summed E-state index contributed by atoms with van der Waals surface area (Å²) in [6.45, 7) is 7.14. The van der Waals surface area contributed by atoms with E-state index in [0.717, 1.165) is 30.0 Å². The molecule has 1 saturated heterocycles. The predicted octanol–water partition coefficient (Wildman–Crippen LogP) is 2.46. The molecule has 1 aromatic carbocycles. The number of rotatable bonds is 2. The first kappa shape index (κ1) is 13.7. The largest absolute Gasteiger partial charge is 0.496 e. The SMILES string of the molecule is COc1cc2c(cc1C1CNC(C)C(C)O1)OC(C)C2. The summed E-state index contributed by atoms with van der Waals surface area (Å²) in [4.78, 5) is 0. The smallest absolute Gasteiger partial charge is 0.125 e. The molecule has 1 fully saturated rings. The Hall–Kier alpha value is -1.26. The van der Waals surface area contributed by atoms with Crippen molar-refractivity contribution in [2.24, 2.45) is 0 Å². The van der Waals surface area contributed by atoms with Crippen molar-refractivity contribution in [3.63, 3.8) is 0 Å². The molecule has 0 bridgehead atoms. The third-order valence-corrected chi connectivity index (χ3v) is 4.30. The Morgan fingerprint density at radius 3 is 2.75 bits per heavy atom. The fraction of sp³-hybridized carbons (Fsp3) is 0.625. The van der Waals surface area contributed by atoms with Gasteiger partial charge in [0.1, 0.15) is 17.6 Å². The molecule has 0 saturated carbocycles. The van der Waals surface area contributed by atoms with Gasteiger partial charge in [0.05, 0.1) is 19.3 Å². The maximum Gasteiger partial charge on any atom is 0.125 e. The van der Waals surface area contributed by atoms with Crippen molar-refractivity contribution in [3.8, 4) is 11.5 Å². The number of benzene rings is 1. The van der Waals surface area contributed by atoms with E-state index in [4.69, 9.17) is 14.2 Å². The van der Waals surface area contributed by atoms with Crippen molar-refractivity contribution in [1.29, 1.82) is 0 Å². The minimum absolute atomic E-state index is 0.0148. The van der Waals surface area contributed by atoms with Gasteiger partial charge in [-0.15, -0.1) is 0 Å². The highest BCUT2D eigenvalue weighted by atomic mass is 16.5. The lowest BCUT2D eigenvalue weighted by molar-refractivity contribution is -0.0517. The van der Waals surface area contributed by atoms with Gasteiger partial charge in [0, 0.05) is 30.1 Å². The molecule has 0 aromatic heterocycles. The average molecular weight is 277 g/mol. The van der Waals surface area contributed by atoms with Crippen LogP contribution in [0.1, 0.15) is 38.0 Å². The Labute approximate surface area is 120 Å². The number of methoxy groups -OCH3 is 1. The number of hydrogen-bond donors (Lipinski definition) is 1. The van der Waals surface area contributed by atoms with Crippen LogP contribution in [0.5, 0.6) is 11.5 Å². The second-order valence-electron chi connectivity index (χ2n) is 5.86. The van der Waals surface area contributed by atoms with Gasteiger partial charge in [-0.05, 0) is 32.9 Å². The lowest BCUT2D eigenvalue weighted by Crippen LogP contribution is -2.46. The number of morpholine rings is 1. The summed E-state index contributed by atoms with van der Waals surface area (Å²) in [5, 5.41) is 3.49. The number of ether oxygens (including phenoxy) is 3. The molecule has 1 N–H and O–H groups in total. The standard InChI is InChI=1S/C16H23NO3/c1-9-5-12-6-15(18-4)13(7-14(12)19-9)16-8-17-10(2)11(3)20-16/h6-7,9-11,16-17H,5,8H2,1-4H3. The number of hydrogen-bond acceptors (Lipinski definition) is 4. The van der Waals surface area contributed by atoms with Gasteiger partial charge >= 0.3 is 0 Å².